The smallest absolute Gasteiger partial charge is 0.316 e. The van der Waals surface area contributed by atoms with Crippen LogP contribution in [0, 0.1) is 29.6 Å². The normalized spacial score (nSPS) is 43.5. The number of aliphatic hydroxyl groups is 2. The van der Waals surface area contributed by atoms with E-state index < -0.39 is 41.4 Å². The molecule has 0 aromatic carbocycles. The lowest BCUT2D eigenvalue weighted by molar-refractivity contribution is -0.342. The van der Waals surface area contributed by atoms with Crippen LogP contribution in [-0.2, 0) is 28.5 Å². The molecular formula is C37H54O8. The van der Waals surface area contributed by atoms with Crippen molar-refractivity contribution in [1.82, 2.24) is 0 Å². The number of rotatable bonds is 3. The van der Waals surface area contributed by atoms with Crippen molar-refractivity contribution in [2.75, 3.05) is 13.7 Å². The second-order valence-electron chi connectivity index (χ2n) is 14.6. The second-order valence-corrected chi connectivity index (χ2v) is 14.6. The number of fused-ring (bicyclic) bond motifs is 2. The van der Waals surface area contributed by atoms with E-state index in [1.807, 2.05) is 26.8 Å². The minimum Gasteiger partial charge on any atom is -0.494 e. The number of esters is 1. The largest absolute Gasteiger partial charge is 0.494 e. The van der Waals surface area contributed by atoms with E-state index in [1.165, 1.54) is 5.57 Å². The highest BCUT2D eigenvalue weighted by molar-refractivity contribution is 5.78. The topological polar surface area (TPSA) is 104 Å². The quantitative estimate of drug-likeness (QED) is 0.293. The number of hydrogen-bond acceptors (Lipinski definition) is 8. The molecule has 250 valence electrons. The van der Waals surface area contributed by atoms with Gasteiger partial charge in [0, 0.05) is 32.3 Å². The van der Waals surface area contributed by atoms with E-state index in [1.54, 1.807) is 19.3 Å². The summed E-state index contributed by atoms with van der Waals surface area (Å²) in [5, 5.41) is 23.7. The SMILES string of the molecule is COC1C(C)=CC2C(=O)OC3CC(CC=C(C)CC(C)/C=C/C=C4OCC1C42O)OC1(C3)CC(O)C(C)C(C(C)=CC(C)C)O1. The van der Waals surface area contributed by atoms with Gasteiger partial charge in [-0.3, -0.25) is 4.79 Å². The van der Waals surface area contributed by atoms with Crippen molar-refractivity contribution < 1.29 is 38.7 Å². The van der Waals surface area contributed by atoms with Crippen LogP contribution >= 0.6 is 0 Å². The summed E-state index contributed by atoms with van der Waals surface area (Å²) in [6, 6.07) is 0. The van der Waals surface area contributed by atoms with E-state index in [4.69, 9.17) is 23.7 Å². The first-order valence-corrected chi connectivity index (χ1v) is 16.8. The monoisotopic (exact) mass is 626 g/mol. The summed E-state index contributed by atoms with van der Waals surface area (Å²) in [6.45, 7) is 14.8. The average Bonchev–Trinajstić information content (AvgIpc) is 3.29. The molecule has 1 aliphatic carbocycles. The van der Waals surface area contributed by atoms with Crippen molar-refractivity contribution in [2.24, 2.45) is 29.6 Å². The summed E-state index contributed by atoms with van der Waals surface area (Å²) in [4.78, 5) is 14.2. The van der Waals surface area contributed by atoms with Crippen molar-refractivity contribution in [3.63, 3.8) is 0 Å². The summed E-state index contributed by atoms with van der Waals surface area (Å²) >= 11 is 0. The van der Waals surface area contributed by atoms with Crippen LogP contribution in [0.4, 0.5) is 0 Å². The zero-order valence-corrected chi connectivity index (χ0v) is 28.3. The fraction of sp³-hybridized carbons (Fsp3) is 0.703. The predicted molar refractivity (Wildman–Crippen MR) is 172 cm³/mol. The van der Waals surface area contributed by atoms with Gasteiger partial charge in [-0.25, -0.2) is 0 Å². The molecule has 0 saturated carbocycles. The molecular weight excluding hydrogens is 572 g/mol. The van der Waals surface area contributed by atoms with Gasteiger partial charge in [0.15, 0.2) is 5.79 Å². The molecule has 2 bridgehead atoms. The molecule has 5 rings (SSSR count). The van der Waals surface area contributed by atoms with Gasteiger partial charge < -0.3 is 33.9 Å². The molecule has 45 heavy (non-hydrogen) atoms. The molecule has 2 N–H and O–H groups in total. The number of ether oxygens (including phenoxy) is 5. The summed E-state index contributed by atoms with van der Waals surface area (Å²) < 4.78 is 31.8. The summed E-state index contributed by atoms with van der Waals surface area (Å²) in [5.74, 6) is -2.23. The Labute approximate surface area is 269 Å². The lowest BCUT2D eigenvalue weighted by atomic mass is 9.68. The molecule has 1 spiro atoms. The van der Waals surface area contributed by atoms with Crippen LogP contribution in [0.5, 0.6) is 0 Å². The Bertz CT molecular complexity index is 1260. The van der Waals surface area contributed by atoms with Crippen molar-refractivity contribution in [2.45, 2.75) is 122 Å². The summed E-state index contributed by atoms with van der Waals surface area (Å²) in [7, 11) is 1.62. The molecule has 3 fully saturated rings. The third-order valence-corrected chi connectivity index (χ3v) is 10.4. The fourth-order valence-electron chi connectivity index (χ4n) is 8.24. The van der Waals surface area contributed by atoms with Crippen molar-refractivity contribution >= 4 is 5.97 Å². The molecule has 11 atom stereocenters. The van der Waals surface area contributed by atoms with Gasteiger partial charge in [-0.05, 0) is 62.7 Å². The van der Waals surface area contributed by atoms with E-state index in [2.05, 4.69) is 45.9 Å². The second kappa shape index (κ2) is 13.5. The predicted octanol–water partition coefficient (Wildman–Crippen LogP) is 5.95. The number of hydrogen-bond donors (Lipinski definition) is 2. The van der Waals surface area contributed by atoms with Crippen LogP contribution in [0.2, 0.25) is 0 Å². The maximum atomic E-state index is 14.2. The first-order chi connectivity index (χ1) is 21.3. The minimum absolute atomic E-state index is 0.110. The maximum absolute atomic E-state index is 14.2. The molecule has 0 aromatic heterocycles. The Morgan fingerprint density at radius 2 is 1.91 bits per heavy atom. The van der Waals surface area contributed by atoms with Crippen molar-refractivity contribution in [3.05, 3.63) is 58.9 Å². The number of carbonyl (C=O) groups is 1. The molecule has 0 radical (unpaired) electrons. The van der Waals surface area contributed by atoms with Gasteiger partial charge in [0.2, 0.25) is 0 Å². The summed E-state index contributed by atoms with van der Waals surface area (Å²) in [6.07, 6.45) is 12.4. The molecule has 0 amide bonds. The summed E-state index contributed by atoms with van der Waals surface area (Å²) in [5.41, 5.74) is 1.55. The van der Waals surface area contributed by atoms with Crippen molar-refractivity contribution in [3.8, 4) is 0 Å². The number of aliphatic hydroxyl groups excluding tert-OH is 1. The average molecular weight is 627 g/mol. The van der Waals surface area contributed by atoms with Crippen LogP contribution in [0.25, 0.3) is 0 Å². The van der Waals surface area contributed by atoms with Crippen LogP contribution in [-0.4, -0.2) is 71.8 Å². The van der Waals surface area contributed by atoms with E-state index in [-0.39, 0.29) is 36.8 Å². The zero-order valence-electron chi connectivity index (χ0n) is 28.3. The Morgan fingerprint density at radius 3 is 2.62 bits per heavy atom. The van der Waals surface area contributed by atoms with E-state index >= 15 is 0 Å². The third kappa shape index (κ3) is 6.91. The van der Waals surface area contributed by atoms with Gasteiger partial charge in [-0.2, -0.15) is 0 Å². The Hall–Kier alpha value is -2.23. The van der Waals surface area contributed by atoms with E-state index in [0.29, 0.717) is 37.4 Å². The zero-order chi connectivity index (χ0) is 32.7. The van der Waals surface area contributed by atoms with Gasteiger partial charge >= 0.3 is 5.97 Å². The van der Waals surface area contributed by atoms with E-state index in [9.17, 15) is 15.0 Å². The van der Waals surface area contributed by atoms with Crippen LogP contribution in [0.3, 0.4) is 0 Å². The first kappa shape index (κ1) is 34.1. The lowest BCUT2D eigenvalue weighted by Crippen LogP contribution is -2.59. The highest BCUT2D eigenvalue weighted by atomic mass is 16.7. The molecule has 5 aliphatic rings. The fourth-order valence-corrected chi connectivity index (χ4v) is 8.24. The molecule has 4 heterocycles. The lowest BCUT2D eigenvalue weighted by Gasteiger charge is -2.51. The van der Waals surface area contributed by atoms with Gasteiger partial charge in [0.05, 0.1) is 36.9 Å². The van der Waals surface area contributed by atoms with Gasteiger partial charge in [-0.15, -0.1) is 0 Å². The highest BCUT2D eigenvalue weighted by Gasteiger charge is 2.61. The van der Waals surface area contributed by atoms with Gasteiger partial charge in [-0.1, -0.05) is 63.6 Å². The molecule has 8 heteroatoms. The number of carbonyl (C=O) groups excluding carboxylic acids is 1. The Balaban J connectivity index is 1.53. The van der Waals surface area contributed by atoms with Gasteiger partial charge in [0.1, 0.15) is 23.4 Å². The first-order valence-electron chi connectivity index (χ1n) is 16.8. The molecule has 8 nitrogen and oxygen atoms in total. The van der Waals surface area contributed by atoms with Crippen LogP contribution < -0.4 is 0 Å². The highest BCUT2D eigenvalue weighted by Crippen LogP contribution is 2.50. The number of allylic oxidation sites excluding steroid dienone is 5. The molecule has 4 aliphatic heterocycles. The molecule has 0 aromatic rings. The Morgan fingerprint density at radius 1 is 1.16 bits per heavy atom. The van der Waals surface area contributed by atoms with Crippen LogP contribution in [0.15, 0.2) is 58.9 Å². The molecule has 11 unspecified atom stereocenters. The van der Waals surface area contributed by atoms with Gasteiger partial charge in [0.25, 0.3) is 0 Å². The van der Waals surface area contributed by atoms with Crippen molar-refractivity contribution in [1.29, 1.82) is 0 Å². The molecule has 3 saturated heterocycles. The van der Waals surface area contributed by atoms with Crippen LogP contribution in [0.1, 0.15) is 80.6 Å². The standard InChI is InChI=1S/C37H54O8/c1-21(2)14-24(5)33-26(7)31(38)19-36(45-33)18-28-17-27(44-36)13-12-23(4)15-22(3)10-9-11-32-37(40)29(35(39)43-28)16-25(6)34(41-8)30(37)20-42-32/h9-12,14,16,21-22,26-31,33-34,38,40H,13,15,17-20H2,1-8H3/b10-9+,23-12?,24-14?,32-11?. The maximum Gasteiger partial charge on any atom is 0.316 e. The van der Waals surface area contributed by atoms with E-state index in [0.717, 1.165) is 17.6 Å². The minimum atomic E-state index is -1.61. The number of methoxy groups -OCH3 is 1. The third-order valence-electron chi connectivity index (χ3n) is 10.4. The Kier molecular flexibility index (Phi) is 10.2.